The maximum atomic E-state index is 10.4. The number of halogens is 2. The Balaban J connectivity index is 2.23. The fourth-order valence-electron chi connectivity index (χ4n) is 2.21. The van der Waals surface area contributed by atoms with Gasteiger partial charge >= 0.3 is 0 Å². The molecule has 1 aromatic carbocycles. The molecule has 1 N–H and O–H groups in total. The third-order valence-corrected chi connectivity index (χ3v) is 4.00. The number of aliphatic hydroxyl groups excluding tert-OH is 1. The second kappa shape index (κ2) is 6.03. The predicted octanol–water partition coefficient (Wildman–Crippen LogP) is 5.03. The van der Waals surface area contributed by atoms with Crippen molar-refractivity contribution in [2.45, 2.75) is 38.2 Å². The number of benzene rings is 1. The molecule has 0 heterocycles. The highest BCUT2D eigenvalue weighted by Gasteiger charge is 2.17. The molecule has 1 aliphatic rings. The van der Waals surface area contributed by atoms with Crippen molar-refractivity contribution in [1.82, 2.24) is 0 Å². The normalized spacial score (nSPS) is 18.4. The van der Waals surface area contributed by atoms with Gasteiger partial charge in [0.15, 0.2) is 0 Å². The van der Waals surface area contributed by atoms with Crippen molar-refractivity contribution < 1.29 is 5.11 Å². The Morgan fingerprint density at radius 1 is 1.24 bits per heavy atom. The average Bonchev–Trinajstić information content (AvgIpc) is 2.56. The first-order chi connectivity index (χ1) is 8.18. The van der Waals surface area contributed by atoms with Crippen molar-refractivity contribution in [3.8, 4) is 0 Å². The van der Waals surface area contributed by atoms with Gasteiger partial charge in [0, 0.05) is 15.1 Å². The highest BCUT2D eigenvalue weighted by Crippen LogP contribution is 2.34. The summed E-state index contributed by atoms with van der Waals surface area (Å²) in [5.74, 6) is 0. The fraction of sp³-hybridized carbons (Fsp3) is 0.429. The van der Waals surface area contributed by atoms with Crippen LogP contribution in [0.2, 0.25) is 5.02 Å². The van der Waals surface area contributed by atoms with E-state index in [2.05, 4.69) is 22.0 Å². The molecule has 1 unspecified atom stereocenters. The lowest BCUT2D eigenvalue weighted by molar-refractivity contribution is 0.211. The standard InChI is InChI=1S/C14H16BrClO/c15-11-7-8-12(13(16)9-11)14(17)10-5-3-1-2-4-6-10/h5,7-9,14,17H,1-4,6H2. The summed E-state index contributed by atoms with van der Waals surface area (Å²) in [7, 11) is 0. The Kier molecular flexibility index (Phi) is 4.66. The summed E-state index contributed by atoms with van der Waals surface area (Å²) in [4.78, 5) is 0. The fourth-order valence-corrected chi connectivity index (χ4v) is 2.99. The van der Waals surface area contributed by atoms with Gasteiger partial charge in [0.2, 0.25) is 0 Å². The maximum Gasteiger partial charge on any atom is 0.101 e. The number of aliphatic hydroxyl groups is 1. The summed E-state index contributed by atoms with van der Waals surface area (Å²) in [5.41, 5.74) is 1.93. The minimum atomic E-state index is -0.548. The van der Waals surface area contributed by atoms with Crippen LogP contribution in [0.4, 0.5) is 0 Å². The van der Waals surface area contributed by atoms with E-state index in [1.165, 1.54) is 12.8 Å². The van der Waals surface area contributed by atoms with Gasteiger partial charge in [-0.1, -0.05) is 46.1 Å². The van der Waals surface area contributed by atoms with E-state index in [1.807, 2.05) is 18.2 Å². The predicted molar refractivity (Wildman–Crippen MR) is 75.3 cm³/mol. The quantitative estimate of drug-likeness (QED) is 0.759. The largest absolute Gasteiger partial charge is 0.384 e. The van der Waals surface area contributed by atoms with Crippen molar-refractivity contribution in [3.63, 3.8) is 0 Å². The lowest BCUT2D eigenvalue weighted by Gasteiger charge is -2.16. The highest BCUT2D eigenvalue weighted by molar-refractivity contribution is 9.10. The molecule has 2 rings (SSSR count). The van der Waals surface area contributed by atoms with Crippen LogP contribution in [-0.4, -0.2) is 5.11 Å². The van der Waals surface area contributed by atoms with E-state index < -0.39 is 6.10 Å². The van der Waals surface area contributed by atoms with Gasteiger partial charge in [-0.15, -0.1) is 0 Å². The zero-order valence-electron chi connectivity index (χ0n) is 9.63. The van der Waals surface area contributed by atoms with Crippen LogP contribution in [0.15, 0.2) is 34.3 Å². The van der Waals surface area contributed by atoms with E-state index in [-0.39, 0.29) is 0 Å². The summed E-state index contributed by atoms with van der Waals surface area (Å²) in [5, 5.41) is 11.0. The van der Waals surface area contributed by atoms with Crippen LogP contribution in [0.5, 0.6) is 0 Å². The summed E-state index contributed by atoms with van der Waals surface area (Å²) in [6, 6.07) is 5.64. The smallest absolute Gasteiger partial charge is 0.101 e. The monoisotopic (exact) mass is 314 g/mol. The minimum Gasteiger partial charge on any atom is -0.384 e. The van der Waals surface area contributed by atoms with Gasteiger partial charge in [-0.05, 0) is 43.4 Å². The molecule has 0 saturated heterocycles. The van der Waals surface area contributed by atoms with E-state index in [1.54, 1.807) is 0 Å². The topological polar surface area (TPSA) is 20.2 Å². The maximum absolute atomic E-state index is 10.4. The molecule has 0 aliphatic heterocycles. The van der Waals surface area contributed by atoms with Crippen LogP contribution in [0, 0.1) is 0 Å². The Morgan fingerprint density at radius 2 is 2.06 bits per heavy atom. The van der Waals surface area contributed by atoms with E-state index >= 15 is 0 Å². The number of hydrogen-bond acceptors (Lipinski definition) is 1. The lowest BCUT2D eigenvalue weighted by atomic mass is 9.98. The number of allylic oxidation sites excluding steroid dienone is 1. The summed E-state index contributed by atoms with van der Waals surface area (Å²) in [6.45, 7) is 0. The van der Waals surface area contributed by atoms with Crippen LogP contribution in [-0.2, 0) is 0 Å². The summed E-state index contributed by atoms with van der Waals surface area (Å²) in [6.07, 6.45) is 7.32. The molecule has 1 aliphatic carbocycles. The Bertz CT molecular complexity index is 428. The second-order valence-corrected chi connectivity index (χ2v) is 5.77. The van der Waals surface area contributed by atoms with E-state index in [9.17, 15) is 5.11 Å². The number of hydrogen-bond donors (Lipinski definition) is 1. The van der Waals surface area contributed by atoms with Crippen LogP contribution in [0.1, 0.15) is 43.8 Å². The first-order valence-electron chi connectivity index (χ1n) is 6.00. The van der Waals surface area contributed by atoms with Crippen LogP contribution < -0.4 is 0 Å². The Labute approximate surface area is 116 Å². The van der Waals surface area contributed by atoms with Gasteiger partial charge in [0.1, 0.15) is 6.10 Å². The Morgan fingerprint density at radius 3 is 2.82 bits per heavy atom. The lowest BCUT2D eigenvalue weighted by Crippen LogP contribution is -2.02. The third kappa shape index (κ3) is 3.34. The SMILES string of the molecule is OC(C1=CCCCCC1)c1ccc(Br)cc1Cl. The summed E-state index contributed by atoms with van der Waals surface area (Å²) >= 11 is 9.54. The zero-order valence-corrected chi connectivity index (χ0v) is 12.0. The molecule has 92 valence electrons. The van der Waals surface area contributed by atoms with Crippen molar-refractivity contribution in [1.29, 1.82) is 0 Å². The molecular weight excluding hydrogens is 300 g/mol. The van der Waals surface area contributed by atoms with E-state index in [4.69, 9.17) is 11.6 Å². The van der Waals surface area contributed by atoms with Crippen LogP contribution in [0.3, 0.4) is 0 Å². The molecule has 0 bridgehead atoms. The molecule has 1 atom stereocenters. The molecule has 0 spiro atoms. The first kappa shape index (κ1) is 13.1. The number of rotatable bonds is 2. The summed E-state index contributed by atoms with van der Waals surface area (Å²) < 4.78 is 0.938. The molecule has 3 heteroatoms. The molecule has 0 aromatic heterocycles. The van der Waals surface area contributed by atoms with Gasteiger partial charge in [0.25, 0.3) is 0 Å². The molecule has 0 radical (unpaired) electrons. The second-order valence-electron chi connectivity index (χ2n) is 4.45. The van der Waals surface area contributed by atoms with Crippen molar-refractivity contribution in [2.75, 3.05) is 0 Å². The minimum absolute atomic E-state index is 0.548. The van der Waals surface area contributed by atoms with Crippen LogP contribution >= 0.6 is 27.5 Å². The van der Waals surface area contributed by atoms with E-state index in [0.717, 1.165) is 34.9 Å². The third-order valence-electron chi connectivity index (χ3n) is 3.18. The molecule has 1 nitrogen and oxygen atoms in total. The first-order valence-corrected chi connectivity index (χ1v) is 7.17. The van der Waals surface area contributed by atoms with Crippen molar-refractivity contribution >= 4 is 27.5 Å². The van der Waals surface area contributed by atoms with E-state index in [0.29, 0.717) is 5.02 Å². The zero-order chi connectivity index (χ0) is 12.3. The van der Waals surface area contributed by atoms with Gasteiger partial charge in [-0.25, -0.2) is 0 Å². The molecule has 0 amide bonds. The molecular formula is C14H16BrClO. The van der Waals surface area contributed by atoms with Gasteiger partial charge in [-0.3, -0.25) is 0 Å². The van der Waals surface area contributed by atoms with Gasteiger partial charge in [-0.2, -0.15) is 0 Å². The highest BCUT2D eigenvalue weighted by atomic mass is 79.9. The molecule has 1 aromatic rings. The van der Waals surface area contributed by atoms with Gasteiger partial charge < -0.3 is 5.11 Å². The van der Waals surface area contributed by atoms with Crippen molar-refractivity contribution in [3.05, 3.63) is 44.9 Å². The molecule has 0 saturated carbocycles. The average molecular weight is 316 g/mol. The molecule has 17 heavy (non-hydrogen) atoms. The van der Waals surface area contributed by atoms with Crippen molar-refractivity contribution in [2.24, 2.45) is 0 Å². The van der Waals surface area contributed by atoms with Gasteiger partial charge in [0.05, 0.1) is 0 Å². The Hall–Kier alpha value is -0.310. The molecule has 0 fully saturated rings. The van der Waals surface area contributed by atoms with Crippen LogP contribution in [0.25, 0.3) is 0 Å².